The monoisotopic (exact) mass is 343 g/mol. The molecule has 2 aromatic carbocycles. The van der Waals surface area contributed by atoms with Crippen molar-refractivity contribution in [2.45, 2.75) is 13.0 Å². The van der Waals surface area contributed by atoms with Crippen LogP contribution in [0.4, 0.5) is 0 Å². The fourth-order valence-electron chi connectivity index (χ4n) is 2.04. The van der Waals surface area contributed by atoms with Crippen LogP contribution in [0.5, 0.6) is 0 Å². The summed E-state index contributed by atoms with van der Waals surface area (Å²) in [6.45, 7) is 0.525. The van der Waals surface area contributed by atoms with Crippen molar-refractivity contribution in [3.05, 3.63) is 70.0 Å². The number of hydrogen-bond donors (Lipinski definition) is 1. The van der Waals surface area contributed by atoms with E-state index in [9.17, 15) is 0 Å². The van der Waals surface area contributed by atoms with Crippen molar-refractivity contribution < 1.29 is 4.52 Å². The molecule has 0 atom stereocenters. The van der Waals surface area contributed by atoms with Gasteiger partial charge in [0, 0.05) is 23.0 Å². The maximum Gasteiger partial charge on any atom is 0.257 e. The van der Waals surface area contributed by atoms with Gasteiger partial charge < -0.3 is 10.3 Å². The predicted octanol–water partition coefficient (Wildman–Crippen LogP) is 3.55. The third-order valence-electron chi connectivity index (χ3n) is 3.21. The Morgan fingerprint density at radius 2 is 1.81 bits per heavy atom. The summed E-state index contributed by atoms with van der Waals surface area (Å²) < 4.78 is 6.37. The maximum atomic E-state index is 5.59. The lowest BCUT2D eigenvalue weighted by Gasteiger charge is -1.99. The van der Waals surface area contributed by atoms with Gasteiger partial charge in [-0.1, -0.05) is 51.4 Å². The average Bonchev–Trinajstić information content (AvgIpc) is 2.98. The van der Waals surface area contributed by atoms with E-state index in [1.165, 1.54) is 0 Å². The van der Waals surface area contributed by atoms with Gasteiger partial charge in [-0.05, 0) is 29.3 Å². The van der Waals surface area contributed by atoms with Crippen LogP contribution < -0.4 is 5.73 Å². The molecule has 0 radical (unpaired) electrons. The molecule has 3 aromatic rings. The van der Waals surface area contributed by atoms with Crippen molar-refractivity contribution in [3.8, 4) is 11.5 Å². The van der Waals surface area contributed by atoms with Crippen LogP contribution in [0, 0.1) is 0 Å². The van der Waals surface area contributed by atoms with Crippen molar-refractivity contribution in [1.29, 1.82) is 0 Å². The molecule has 4 nitrogen and oxygen atoms in total. The smallest absolute Gasteiger partial charge is 0.257 e. The molecule has 21 heavy (non-hydrogen) atoms. The molecular formula is C16H14BrN3O. The van der Waals surface area contributed by atoms with Gasteiger partial charge >= 0.3 is 0 Å². The van der Waals surface area contributed by atoms with E-state index in [1.807, 2.05) is 48.5 Å². The summed E-state index contributed by atoms with van der Waals surface area (Å²) in [6, 6.07) is 15.8. The maximum absolute atomic E-state index is 5.59. The number of nitrogens with two attached hydrogens (primary N) is 1. The first-order valence-electron chi connectivity index (χ1n) is 6.61. The fourth-order valence-corrected chi connectivity index (χ4v) is 2.46. The first-order valence-corrected chi connectivity index (χ1v) is 7.41. The van der Waals surface area contributed by atoms with Gasteiger partial charge in [0.2, 0.25) is 0 Å². The van der Waals surface area contributed by atoms with Gasteiger partial charge in [0.25, 0.3) is 5.89 Å². The lowest BCUT2D eigenvalue weighted by molar-refractivity contribution is 0.424. The van der Waals surface area contributed by atoms with Crippen LogP contribution in [0.25, 0.3) is 11.5 Å². The Kier molecular flexibility index (Phi) is 4.13. The van der Waals surface area contributed by atoms with Crippen LogP contribution in [0.1, 0.15) is 17.0 Å². The second kappa shape index (κ2) is 6.20. The fraction of sp³-hybridized carbons (Fsp3) is 0.125. The summed E-state index contributed by atoms with van der Waals surface area (Å²) >= 11 is 3.52. The quantitative estimate of drug-likeness (QED) is 0.786. The molecular weight excluding hydrogens is 330 g/mol. The third kappa shape index (κ3) is 3.20. The van der Waals surface area contributed by atoms with Crippen molar-refractivity contribution in [3.63, 3.8) is 0 Å². The van der Waals surface area contributed by atoms with Crippen LogP contribution in [-0.4, -0.2) is 10.1 Å². The Balaban J connectivity index is 1.81. The van der Waals surface area contributed by atoms with Crippen LogP contribution >= 0.6 is 15.9 Å². The van der Waals surface area contributed by atoms with Gasteiger partial charge in [-0.3, -0.25) is 0 Å². The molecule has 2 N–H and O–H groups in total. The Morgan fingerprint density at radius 3 is 2.52 bits per heavy atom. The van der Waals surface area contributed by atoms with E-state index >= 15 is 0 Å². The first kappa shape index (κ1) is 14.0. The second-order valence-corrected chi connectivity index (χ2v) is 5.54. The lowest BCUT2D eigenvalue weighted by atomic mass is 10.1. The van der Waals surface area contributed by atoms with E-state index < -0.39 is 0 Å². The molecule has 0 bridgehead atoms. The van der Waals surface area contributed by atoms with Gasteiger partial charge in [-0.15, -0.1) is 0 Å². The number of benzene rings is 2. The van der Waals surface area contributed by atoms with Crippen LogP contribution in [0.3, 0.4) is 0 Å². The van der Waals surface area contributed by atoms with Gasteiger partial charge in [0.15, 0.2) is 5.82 Å². The highest BCUT2D eigenvalue weighted by molar-refractivity contribution is 9.10. The van der Waals surface area contributed by atoms with E-state index in [0.717, 1.165) is 21.2 Å². The molecule has 0 aliphatic rings. The van der Waals surface area contributed by atoms with E-state index in [0.29, 0.717) is 24.7 Å². The van der Waals surface area contributed by atoms with Gasteiger partial charge in [-0.25, -0.2) is 0 Å². The minimum absolute atomic E-state index is 0.525. The lowest BCUT2D eigenvalue weighted by Crippen LogP contribution is -1.95. The Hall–Kier alpha value is -1.98. The number of aromatic nitrogens is 2. The van der Waals surface area contributed by atoms with Gasteiger partial charge in [-0.2, -0.15) is 4.98 Å². The normalized spacial score (nSPS) is 10.8. The molecule has 0 saturated carbocycles. The van der Waals surface area contributed by atoms with Crippen LogP contribution in [-0.2, 0) is 13.0 Å². The number of nitrogens with zero attached hydrogens (tertiary/aromatic N) is 2. The summed E-state index contributed by atoms with van der Waals surface area (Å²) in [5.41, 5.74) is 8.69. The second-order valence-electron chi connectivity index (χ2n) is 4.68. The summed E-state index contributed by atoms with van der Waals surface area (Å²) in [6.07, 6.45) is 0.631. The zero-order valence-electron chi connectivity index (χ0n) is 11.3. The highest BCUT2D eigenvalue weighted by Gasteiger charge is 2.10. The summed E-state index contributed by atoms with van der Waals surface area (Å²) in [4.78, 5) is 4.44. The molecule has 0 spiro atoms. The molecule has 0 unspecified atom stereocenters. The number of hydrogen-bond acceptors (Lipinski definition) is 4. The Labute approximate surface area is 131 Å². The number of halogens is 1. The molecule has 0 aliphatic carbocycles. The van der Waals surface area contributed by atoms with Crippen LogP contribution in [0.15, 0.2) is 57.5 Å². The zero-order chi connectivity index (χ0) is 14.7. The molecule has 0 aliphatic heterocycles. The molecule has 5 heteroatoms. The molecule has 3 rings (SSSR count). The van der Waals surface area contributed by atoms with E-state index in [1.54, 1.807) is 0 Å². The molecule has 0 saturated heterocycles. The van der Waals surface area contributed by atoms with Crippen LogP contribution in [0.2, 0.25) is 0 Å². The third-order valence-corrected chi connectivity index (χ3v) is 3.98. The van der Waals surface area contributed by atoms with Gasteiger partial charge in [0.1, 0.15) is 0 Å². The standard InChI is InChI=1S/C16H14BrN3O/c17-14-4-2-1-3-13(14)9-15-19-16(21-20-15)12-7-5-11(10-18)6-8-12/h1-8H,9-10,18H2. The highest BCUT2D eigenvalue weighted by Crippen LogP contribution is 2.21. The van der Waals surface area contributed by atoms with E-state index in [2.05, 4.69) is 26.1 Å². The topological polar surface area (TPSA) is 64.9 Å². The molecule has 1 heterocycles. The SMILES string of the molecule is NCc1ccc(-c2nc(Cc3ccccc3Br)no2)cc1. The largest absolute Gasteiger partial charge is 0.334 e. The van der Waals surface area contributed by atoms with Crippen molar-refractivity contribution >= 4 is 15.9 Å². The zero-order valence-corrected chi connectivity index (χ0v) is 12.9. The minimum Gasteiger partial charge on any atom is -0.334 e. The Bertz CT molecular complexity index is 737. The molecule has 1 aromatic heterocycles. The molecule has 0 amide bonds. The van der Waals surface area contributed by atoms with Crippen molar-refractivity contribution in [2.24, 2.45) is 5.73 Å². The predicted molar refractivity (Wildman–Crippen MR) is 84.6 cm³/mol. The summed E-state index contributed by atoms with van der Waals surface area (Å²) in [7, 11) is 0. The van der Waals surface area contributed by atoms with Gasteiger partial charge in [0.05, 0.1) is 0 Å². The highest BCUT2D eigenvalue weighted by atomic mass is 79.9. The summed E-state index contributed by atoms with van der Waals surface area (Å²) in [5, 5.41) is 4.04. The summed E-state index contributed by atoms with van der Waals surface area (Å²) in [5.74, 6) is 1.19. The minimum atomic E-state index is 0.525. The first-order chi connectivity index (χ1) is 10.3. The average molecular weight is 344 g/mol. The van der Waals surface area contributed by atoms with E-state index in [4.69, 9.17) is 10.3 Å². The van der Waals surface area contributed by atoms with Crippen molar-refractivity contribution in [1.82, 2.24) is 10.1 Å². The van der Waals surface area contributed by atoms with E-state index in [-0.39, 0.29) is 0 Å². The van der Waals surface area contributed by atoms with Crippen molar-refractivity contribution in [2.75, 3.05) is 0 Å². The molecule has 0 fully saturated rings. The molecule has 106 valence electrons. The Morgan fingerprint density at radius 1 is 1.05 bits per heavy atom. The number of rotatable bonds is 4.